The summed E-state index contributed by atoms with van der Waals surface area (Å²) in [6.45, 7) is 21.0. The molecule has 13 aromatic carbocycles. The van der Waals surface area contributed by atoms with Gasteiger partial charge in [-0.1, -0.05) is 287 Å². The summed E-state index contributed by atoms with van der Waals surface area (Å²) in [4.78, 5) is 12.7. The Balaban J connectivity index is 0.971. The average molecular weight is 1390 g/mol. The number of anilines is 9. The van der Waals surface area contributed by atoms with Gasteiger partial charge in [0.05, 0.1) is 22.8 Å². The second kappa shape index (κ2) is 26.6. The summed E-state index contributed by atoms with van der Waals surface area (Å²) in [5.41, 5.74) is 22.2. The van der Waals surface area contributed by atoms with Crippen molar-refractivity contribution in [3.63, 3.8) is 0 Å². The average Bonchev–Trinajstić information content (AvgIpc) is 1.65. The van der Waals surface area contributed by atoms with E-state index in [0.29, 0.717) is 0 Å². The molecule has 2 aliphatic heterocycles. The molecule has 0 radical (unpaired) electrons. The van der Waals surface area contributed by atoms with Crippen LogP contribution in [0.3, 0.4) is 0 Å². The highest BCUT2D eigenvalue weighted by molar-refractivity contribution is 7.33. The van der Waals surface area contributed by atoms with E-state index in [1.807, 2.05) is 53.9 Å². The standard InChI is InChI=1S/C97H83BN4OSSi/c1-95(2,3)69-49-57-87(83(60-69)67-33-29-34-68(59-67)85-46-27-28-58-99-85)102-90-62-71(97(7,8)9)61-89-92(90)98(94-93(102)82-55-48-70(96(4,5)6)63-91(82)104-94)84-56-52-74(100(86-47-26-25-45-81(86)66-31-15-10-16-32-66)73-35-30-38-76(64-73)103-75-36-17-11-18-37-75)65-88(84)101(89)72-50-53-80(54-51-72)105(77-39-19-12-20-40-77,78-41-21-13-22-42-78)79-43-23-14-24-44-79/h10-65H,1-9H3. The van der Waals surface area contributed by atoms with E-state index in [9.17, 15) is 0 Å². The van der Waals surface area contributed by atoms with Crippen molar-refractivity contribution in [2.45, 2.75) is 78.6 Å². The number of fused-ring (bicyclic) bond motifs is 6. The quantitative estimate of drug-likeness (QED) is 0.0800. The minimum atomic E-state index is -2.96. The molecule has 0 amide bonds. The maximum absolute atomic E-state index is 6.73. The maximum atomic E-state index is 6.73. The first kappa shape index (κ1) is 66.7. The molecular formula is C97H83BN4OSSi. The summed E-state index contributed by atoms with van der Waals surface area (Å²) >= 11 is 1.96. The molecule has 4 heterocycles. The predicted molar refractivity (Wildman–Crippen MR) is 451 cm³/mol. The Morgan fingerprint density at radius 2 is 0.924 bits per heavy atom. The van der Waals surface area contributed by atoms with Crippen LogP contribution in [0, 0.1) is 0 Å². The van der Waals surface area contributed by atoms with Crippen molar-refractivity contribution in [1.82, 2.24) is 4.98 Å². The van der Waals surface area contributed by atoms with Gasteiger partial charge >= 0.3 is 0 Å². The minimum Gasteiger partial charge on any atom is -0.457 e. The molecule has 15 aromatic rings. The molecule has 0 unspecified atom stereocenters. The summed E-state index contributed by atoms with van der Waals surface area (Å²) in [7, 11) is -2.96. The van der Waals surface area contributed by atoms with Crippen LogP contribution in [0.1, 0.15) is 79.0 Å². The van der Waals surface area contributed by atoms with Crippen molar-refractivity contribution in [3.8, 4) is 45.0 Å². The number of thiophene rings is 1. The fourth-order valence-electron chi connectivity index (χ4n) is 16.0. The maximum Gasteiger partial charge on any atom is 0.264 e. The molecule has 2 aliphatic rings. The molecule has 0 N–H and O–H groups in total. The lowest BCUT2D eigenvalue weighted by Gasteiger charge is -2.45. The molecule has 2 aromatic heterocycles. The first-order chi connectivity index (χ1) is 51.0. The lowest BCUT2D eigenvalue weighted by Crippen LogP contribution is -2.74. The van der Waals surface area contributed by atoms with Crippen molar-refractivity contribution < 1.29 is 4.74 Å². The summed E-state index contributed by atoms with van der Waals surface area (Å²) in [5.74, 6) is 1.52. The van der Waals surface area contributed by atoms with E-state index in [-0.39, 0.29) is 23.0 Å². The third kappa shape index (κ3) is 12.1. The van der Waals surface area contributed by atoms with Gasteiger partial charge in [-0.2, -0.15) is 0 Å². The zero-order chi connectivity index (χ0) is 71.8. The number of hydrogen-bond acceptors (Lipinski definition) is 6. The molecule has 0 bridgehead atoms. The Labute approximate surface area is 624 Å². The Morgan fingerprint density at radius 3 is 1.57 bits per heavy atom. The van der Waals surface area contributed by atoms with E-state index in [4.69, 9.17) is 9.72 Å². The molecule has 105 heavy (non-hydrogen) atoms. The van der Waals surface area contributed by atoms with Crippen LogP contribution in [0.15, 0.2) is 340 Å². The summed E-state index contributed by atoms with van der Waals surface area (Å²) in [6, 6.07) is 124. The molecule has 0 saturated heterocycles. The Kier molecular flexibility index (Phi) is 16.9. The first-order valence-electron chi connectivity index (χ1n) is 36.7. The largest absolute Gasteiger partial charge is 0.457 e. The molecule has 0 atom stereocenters. The molecule has 5 nitrogen and oxygen atoms in total. The molecule has 0 saturated carbocycles. The monoisotopic (exact) mass is 1390 g/mol. The third-order valence-electron chi connectivity index (χ3n) is 21.3. The van der Waals surface area contributed by atoms with E-state index < -0.39 is 8.07 Å². The first-order valence-corrected chi connectivity index (χ1v) is 39.5. The fraction of sp³-hybridized carbons (Fsp3) is 0.124. The number of rotatable bonds is 14. The highest BCUT2D eigenvalue weighted by Crippen LogP contribution is 2.53. The van der Waals surface area contributed by atoms with E-state index >= 15 is 0 Å². The zero-order valence-electron chi connectivity index (χ0n) is 61.0. The van der Waals surface area contributed by atoms with Crippen molar-refractivity contribution in [1.29, 1.82) is 0 Å². The highest BCUT2D eigenvalue weighted by atomic mass is 32.1. The molecule has 0 fully saturated rings. The summed E-state index contributed by atoms with van der Waals surface area (Å²) in [6.07, 6.45) is 1.89. The zero-order valence-corrected chi connectivity index (χ0v) is 62.8. The van der Waals surface area contributed by atoms with E-state index in [1.54, 1.807) is 0 Å². The lowest BCUT2D eigenvalue weighted by atomic mass is 9.36. The topological polar surface area (TPSA) is 31.8 Å². The number of pyridine rings is 1. The van der Waals surface area contributed by atoms with Gasteiger partial charge in [-0.15, -0.1) is 11.3 Å². The number of hydrogen-bond donors (Lipinski definition) is 0. The van der Waals surface area contributed by atoms with Gasteiger partial charge < -0.3 is 19.4 Å². The molecule has 8 heteroatoms. The van der Waals surface area contributed by atoms with Crippen molar-refractivity contribution in [2.75, 3.05) is 14.7 Å². The minimum absolute atomic E-state index is 0.0851. The van der Waals surface area contributed by atoms with Gasteiger partial charge in [0.25, 0.3) is 6.71 Å². The lowest BCUT2D eigenvalue weighted by molar-refractivity contribution is 0.483. The SMILES string of the molecule is CC(C)(C)c1ccc(N2c3cc(C(C)(C)C)cc4c3B(c3ccc(N(c5cccc(Oc6ccccc6)c5)c5ccccc5-c5ccccc5)cc3N4c3ccc([Si](c4ccccc4)(c4ccccc4)c4ccccc4)cc3)c3sc4cc(C(C)(C)C)ccc4c32)c(-c2cccc(-c3ccccn3)c2)c1. The number of aromatic nitrogens is 1. The highest BCUT2D eigenvalue weighted by Gasteiger charge is 2.48. The van der Waals surface area contributed by atoms with Crippen LogP contribution in [0.5, 0.6) is 11.5 Å². The summed E-state index contributed by atoms with van der Waals surface area (Å²) < 4.78 is 9.31. The molecule has 0 spiro atoms. The second-order valence-electron chi connectivity index (χ2n) is 31.1. The second-order valence-corrected chi connectivity index (χ2v) is 36.0. The number of ether oxygens (including phenoxy) is 1. The molecule has 17 rings (SSSR count). The van der Waals surface area contributed by atoms with E-state index in [0.717, 1.165) is 84.8 Å². The van der Waals surface area contributed by atoms with Crippen molar-refractivity contribution in [3.05, 3.63) is 357 Å². The van der Waals surface area contributed by atoms with Crippen LogP contribution in [0.25, 0.3) is 43.6 Å². The normalized spacial score (nSPS) is 12.8. The van der Waals surface area contributed by atoms with E-state index in [2.05, 4.69) is 374 Å². The summed E-state index contributed by atoms with van der Waals surface area (Å²) in [5, 5.41) is 6.54. The van der Waals surface area contributed by atoms with Gasteiger partial charge in [0.2, 0.25) is 0 Å². The third-order valence-corrected chi connectivity index (χ3v) is 27.3. The predicted octanol–water partition coefficient (Wildman–Crippen LogP) is 21.9. The smallest absolute Gasteiger partial charge is 0.264 e. The van der Waals surface area contributed by atoms with Crippen LogP contribution >= 0.6 is 11.3 Å². The molecular weight excluding hydrogens is 1310 g/mol. The molecule has 0 aliphatic carbocycles. The van der Waals surface area contributed by atoms with Crippen LogP contribution < -0.4 is 55.9 Å². The van der Waals surface area contributed by atoms with Crippen LogP contribution in [-0.2, 0) is 16.2 Å². The van der Waals surface area contributed by atoms with Gasteiger partial charge in [-0.05, 0) is 179 Å². The van der Waals surface area contributed by atoms with Gasteiger partial charge in [0.15, 0.2) is 8.07 Å². The van der Waals surface area contributed by atoms with Crippen LogP contribution in [0.2, 0.25) is 0 Å². The van der Waals surface area contributed by atoms with Gasteiger partial charge in [0, 0.05) is 77.9 Å². The van der Waals surface area contributed by atoms with Crippen LogP contribution in [-0.4, -0.2) is 19.8 Å². The fourth-order valence-corrected chi connectivity index (χ4v) is 22.1. The molecule has 510 valence electrons. The van der Waals surface area contributed by atoms with Crippen molar-refractivity contribution >= 4 is 124 Å². The van der Waals surface area contributed by atoms with Gasteiger partial charge in [0.1, 0.15) is 11.5 Å². The van der Waals surface area contributed by atoms with Crippen molar-refractivity contribution in [2.24, 2.45) is 0 Å². The Bertz CT molecular complexity index is 5620. The number of para-hydroxylation sites is 2. The Morgan fingerprint density at radius 1 is 0.381 bits per heavy atom. The van der Waals surface area contributed by atoms with Gasteiger partial charge in [-0.25, -0.2) is 0 Å². The van der Waals surface area contributed by atoms with E-state index in [1.165, 1.54) is 74.6 Å². The Hall–Kier alpha value is -11.5. The number of benzene rings is 13. The van der Waals surface area contributed by atoms with Gasteiger partial charge in [-0.3, -0.25) is 4.98 Å². The van der Waals surface area contributed by atoms with Crippen LogP contribution in [0.4, 0.5) is 51.2 Å². The number of nitrogens with zero attached hydrogens (tertiary/aromatic N) is 4.